The van der Waals surface area contributed by atoms with E-state index in [1.54, 1.807) is 12.1 Å². The number of carbonyl (C=O) groups is 2. The van der Waals surface area contributed by atoms with Crippen LogP contribution in [0.25, 0.3) is 11.0 Å². The predicted molar refractivity (Wildman–Crippen MR) is 98.0 cm³/mol. The monoisotopic (exact) mass is 367 g/mol. The number of hydrogen-bond acceptors (Lipinski definition) is 6. The van der Waals surface area contributed by atoms with Gasteiger partial charge in [-0.25, -0.2) is 9.59 Å². The van der Waals surface area contributed by atoms with E-state index in [1.807, 2.05) is 25.1 Å². The van der Waals surface area contributed by atoms with E-state index in [0.717, 1.165) is 12.0 Å². The summed E-state index contributed by atoms with van der Waals surface area (Å²) in [6, 6.07) is 13.2. The fraction of sp³-hybridized carbons (Fsp3) is 0.150. The third kappa shape index (κ3) is 4.33. The van der Waals surface area contributed by atoms with E-state index in [4.69, 9.17) is 19.6 Å². The lowest BCUT2D eigenvalue weighted by Gasteiger charge is -2.08. The predicted octanol–water partition coefficient (Wildman–Crippen LogP) is 2.44. The summed E-state index contributed by atoms with van der Waals surface area (Å²) in [6.45, 7) is 1.76. The molecule has 0 aliphatic rings. The molecule has 2 N–H and O–H groups in total. The number of rotatable bonds is 6. The summed E-state index contributed by atoms with van der Waals surface area (Å²) in [6.07, 6.45) is 0.863. The molecule has 0 bridgehead atoms. The van der Waals surface area contributed by atoms with Crippen molar-refractivity contribution in [3.05, 3.63) is 70.1 Å². The number of hydrogen-bond donors (Lipinski definition) is 1. The first-order valence-electron chi connectivity index (χ1n) is 8.26. The Labute approximate surface area is 154 Å². The summed E-state index contributed by atoms with van der Waals surface area (Å²) < 4.78 is 15.7. The Morgan fingerprint density at radius 3 is 2.63 bits per heavy atom. The molecule has 0 spiro atoms. The molecule has 3 aromatic rings. The maximum Gasteiger partial charge on any atom is 0.349 e. The van der Waals surface area contributed by atoms with Gasteiger partial charge >= 0.3 is 11.6 Å². The SMILES string of the molecule is CCc1cccc(OCC(=O)Oc2ccc3cc(C(N)=O)c(=O)oc3c2)c1. The van der Waals surface area contributed by atoms with Crippen molar-refractivity contribution in [3.8, 4) is 11.5 Å². The normalized spacial score (nSPS) is 10.6. The Bertz CT molecular complexity index is 1070. The minimum Gasteiger partial charge on any atom is -0.482 e. The third-order valence-corrected chi connectivity index (χ3v) is 3.87. The molecule has 138 valence electrons. The fourth-order valence-electron chi connectivity index (χ4n) is 2.49. The number of esters is 1. The topological polar surface area (TPSA) is 109 Å². The van der Waals surface area contributed by atoms with Gasteiger partial charge in [0.1, 0.15) is 22.6 Å². The minimum atomic E-state index is -0.870. The van der Waals surface area contributed by atoms with Crippen LogP contribution in [0, 0.1) is 0 Å². The van der Waals surface area contributed by atoms with E-state index in [-0.39, 0.29) is 23.5 Å². The first-order chi connectivity index (χ1) is 13.0. The highest BCUT2D eigenvalue weighted by Crippen LogP contribution is 2.21. The maximum atomic E-state index is 12.0. The van der Waals surface area contributed by atoms with Crippen molar-refractivity contribution in [2.24, 2.45) is 5.73 Å². The van der Waals surface area contributed by atoms with E-state index in [9.17, 15) is 14.4 Å². The van der Waals surface area contributed by atoms with Crippen LogP contribution < -0.4 is 20.8 Å². The smallest absolute Gasteiger partial charge is 0.349 e. The van der Waals surface area contributed by atoms with Gasteiger partial charge in [-0.1, -0.05) is 19.1 Å². The van der Waals surface area contributed by atoms with E-state index in [0.29, 0.717) is 11.1 Å². The quantitative estimate of drug-likeness (QED) is 0.407. The zero-order valence-electron chi connectivity index (χ0n) is 14.6. The summed E-state index contributed by atoms with van der Waals surface area (Å²) in [5.74, 6) is -0.707. The minimum absolute atomic E-state index is 0.173. The van der Waals surface area contributed by atoms with Crippen molar-refractivity contribution in [3.63, 3.8) is 0 Å². The van der Waals surface area contributed by atoms with Crippen molar-refractivity contribution in [1.82, 2.24) is 0 Å². The molecule has 1 amide bonds. The second-order valence-electron chi connectivity index (χ2n) is 5.78. The molecule has 0 saturated heterocycles. The van der Waals surface area contributed by atoms with Crippen LogP contribution in [0.5, 0.6) is 11.5 Å². The van der Waals surface area contributed by atoms with E-state index < -0.39 is 17.5 Å². The molecule has 0 radical (unpaired) electrons. The molecular weight excluding hydrogens is 350 g/mol. The van der Waals surface area contributed by atoms with Crippen molar-refractivity contribution in [2.75, 3.05) is 6.61 Å². The number of carbonyl (C=O) groups excluding carboxylic acids is 2. The number of aryl methyl sites for hydroxylation is 1. The molecule has 0 fully saturated rings. The highest BCUT2D eigenvalue weighted by Gasteiger charge is 2.12. The van der Waals surface area contributed by atoms with Crippen LogP contribution in [0.2, 0.25) is 0 Å². The van der Waals surface area contributed by atoms with Crippen molar-refractivity contribution >= 4 is 22.8 Å². The molecule has 0 aliphatic carbocycles. The molecule has 0 aliphatic heterocycles. The molecule has 3 rings (SSSR count). The molecule has 27 heavy (non-hydrogen) atoms. The van der Waals surface area contributed by atoms with Gasteiger partial charge in [-0.3, -0.25) is 4.79 Å². The summed E-state index contributed by atoms with van der Waals surface area (Å²) >= 11 is 0. The van der Waals surface area contributed by atoms with E-state index >= 15 is 0 Å². The maximum absolute atomic E-state index is 12.0. The van der Waals surface area contributed by atoms with Crippen LogP contribution >= 0.6 is 0 Å². The Hall–Kier alpha value is -3.61. The molecule has 2 aromatic carbocycles. The Balaban J connectivity index is 1.70. The van der Waals surface area contributed by atoms with Crippen LogP contribution in [0.4, 0.5) is 0 Å². The van der Waals surface area contributed by atoms with Crippen molar-refractivity contribution < 1.29 is 23.5 Å². The van der Waals surface area contributed by atoms with Crippen LogP contribution in [0.3, 0.4) is 0 Å². The lowest BCUT2D eigenvalue weighted by atomic mass is 10.2. The second-order valence-corrected chi connectivity index (χ2v) is 5.78. The Morgan fingerprint density at radius 1 is 1.07 bits per heavy atom. The first kappa shape index (κ1) is 18.2. The summed E-state index contributed by atoms with van der Waals surface area (Å²) in [5, 5.41) is 0.482. The lowest BCUT2D eigenvalue weighted by molar-refractivity contribution is -0.136. The summed E-state index contributed by atoms with van der Waals surface area (Å²) in [4.78, 5) is 34.9. The standard InChI is InChI=1S/C20H17NO6/c1-2-12-4-3-5-14(8-12)25-11-18(22)26-15-7-6-13-9-16(19(21)23)20(24)27-17(13)10-15/h3-10H,2,11H2,1H3,(H2,21,23). The fourth-order valence-corrected chi connectivity index (χ4v) is 2.49. The van der Waals surface area contributed by atoms with E-state index in [2.05, 4.69) is 0 Å². The highest BCUT2D eigenvalue weighted by molar-refractivity contribution is 5.95. The molecular formula is C20H17NO6. The number of amides is 1. The number of fused-ring (bicyclic) bond motifs is 1. The number of ether oxygens (including phenoxy) is 2. The van der Waals surface area contributed by atoms with Crippen LogP contribution in [-0.4, -0.2) is 18.5 Å². The van der Waals surface area contributed by atoms with Crippen LogP contribution in [0.15, 0.2) is 57.7 Å². The van der Waals surface area contributed by atoms with Crippen LogP contribution in [-0.2, 0) is 11.2 Å². The Kier molecular flexibility index (Phi) is 5.21. The lowest BCUT2D eigenvalue weighted by Crippen LogP contribution is -2.20. The van der Waals surface area contributed by atoms with Gasteiger partial charge in [0.2, 0.25) is 0 Å². The molecule has 7 nitrogen and oxygen atoms in total. The van der Waals surface area contributed by atoms with Gasteiger partial charge in [-0.15, -0.1) is 0 Å². The van der Waals surface area contributed by atoms with Gasteiger partial charge in [0, 0.05) is 11.5 Å². The van der Waals surface area contributed by atoms with Gasteiger partial charge in [-0.2, -0.15) is 0 Å². The summed E-state index contributed by atoms with van der Waals surface area (Å²) in [7, 11) is 0. The highest BCUT2D eigenvalue weighted by atomic mass is 16.6. The van der Waals surface area contributed by atoms with Gasteiger partial charge in [0.25, 0.3) is 5.91 Å². The third-order valence-electron chi connectivity index (χ3n) is 3.87. The molecule has 0 saturated carbocycles. The first-order valence-corrected chi connectivity index (χ1v) is 8.26. The zero-order valence-corrected chi connectivity index (χ0v) is 14.6. The van der Waals surface area contributed by atoms with Gasteiger partial charge in [-0.05, 0) is 42.3 Å². The second kappa shape index (κ2) is 7.74. The van der Waals surface area contributed by atoms with Crippen molar-refractivity contribution in [1.29, 1.82) is 0 Å². The Morgan fingerprint density at radius 2 is 1.89 bits per heavy atom. The van der Waals surface area contributed by atoms with Gasteiger partial charge in [0.05, 0.1) is 0 Å². The number of benzene rings is 2. The molecule has 1 aromatic heterocycles. The van der Waals surface area contributed by atoms with Crippen molar-refractivity contribution in [2.45, 2.75) is 13.3 Å². The number of nitrogens with two attached hydrogens (primary N) is 1. The van der Waals surface area contributed by atoms with Gasteiger partial charge < -0.3 is 19.6 Å². The zero-order chi connectivity index (χ0) is 19.4. The number of primary amides is 1. The average molecular weight is 367 g/mol. The van der Waals surface area contributed by atoms with E-state index in [1.165, 1.54) is 18.2 Å². The largest absolute Gasteiger partial charge is 0.482 e. The molecule has 7 heteroatoms. The molecule has 0 atom stereocenters. The average Bonchev–Trinajstić information content (AvgIpc) is 2.65. The van der Waals surface area contributed by atoms with Gasteiger partial charge in [0.15, 0.2) is 6.61 Å². The van der Waals surface area contributed by atoms with Crippen LogP contribution in [0.1, 0.15) is 22.8 Å². The molecule has 0 unspecified atom stereocenters. The molecule has 1 heterocycles. The summed E-state index contributed by atoms with van der Waals surface area (Å²) in [5.41, 5.74) is 5.30.